The summed E-state index contributed by atoms with van der Waals surface area (Å²) in [6.45, 7) is 4.43. The summed E-state index contributed by atoms with van der Waals surface area (Å²) in [4.78, 5) is 46.6. The Balaban J connectivity index is 1.11. The Hall–Kier alpha value is -3.79. The number of H-pyrrole nitrogens is 2. The Bertz CT molecular complexity index is 1290. The molecule has 0 spiro atoms. The number of nitrogens with one attached hydrogen (secondary N) is 2. The van der Waals surface area contributed by atoms with E-state index in [1.807, 2.05) is 12.1 Å². The molecule has 10 heteroatoms. The number of benzene rings is 1. The fraction of sp³-hybridized carbons (Fsp3) is 0.318. The number of pyridine rings is 1. The second-order valence-corrected chi connectivity index (χ2v) is 7.77. The third-order valence-electron chi connectivity index (χ3n) is 5.56. The van der Waals surface area contributed by atoms with Crippen molar-refractivity contribution >= 4 is 34.0 Å². The molecule has 5 rings (SSSR count). The number of carbonyl (C=O) groups excluding carboxylic acids is 1. The largest absolute Gasteiger partial charge is 0.427 e. The van der Waals surface area contributed by atoms with Crippen LogP contribution >= 0.6 is 0 Å². The first-order valence-electron chi connectivity index (χ1n) is 10.6. The van der Waals surface area contributed by atoms with Crippen molar-refractivity contribution in [2.45, 2.75) is 12.8 Å². The average molecular weight is 433 g/mol. The highest BCUT2D eigenvalue weighted by Gasteiger charge is 2.18. The second kappa shape index (κ2) is 8.75. The fourth-order valence-corrected chi connectivity index (χ4v) is 3.93. The summed E-state index contributed by atoms with van der Waals surface area (Å²) in [5, 5.41) is 0.790. The van der Waals surface area contributed by atoms with E-state index in [1.165, 1.54) is 0 Å². The predicted molar refractivity (Wildman–Crippen MR) is 120 cm³/mol. The third kappa shape index (κ3) is 4.45. The topological polar surface area (TPSA) is 120 Å². The van der Waals surface area contributed by atoms with Crippen molar-refractivity contribution in [2.75, 3.05) is 37.6 Å². The number of fused-ring (bicyclic) bond motifs is 2. The van der Waals surface area contributed by atoms with Crippen LogP contribution in [0.5, 0.6) is 5.75 Å². The van der Waals surface area contributed by atoms with Gasteiger partial charge >= 0.3 is 11.7 Å². The van der Waals surface area contributed by atoms with Crippen LogP contribution in [0.3, 0.4) is 0 Å². The molecule has 4 aromatic rings. The number of anilines is 1. The quantitative estimate of drug-likeness (QED) is 0.348. The molecule has 10 nitrogen and oxygen atoms in total. The number of aromatic nitrogens is 5. The molecule has 0 bridgehead atoms. The van der Waals surface area contributed by atoms with Crippen molar-refractivity contribution in [3.8, 4) is 5.75 Å². The number of hydrogen-bond acceptors (Lipinski definition) is 8. The van der Waals surface area contributed by atoms with Gasteiger partial charge in [-0.3, -0.25) is 14.7 Å². The minimum atomic E-state index is -0.302. The van der Waals surface area contributed by atoms with Gasteiger partial charge in [0, 0.05) is 50.4 Å². The van der Waals surface area contributed by atoms with Crippen molar-refractivity contribution in [1.29, 1.82) is 0 Å². The summed E-state index contributed by atoms with van der Waals surface area (Å²) < 4.78 is 5.51. The molecule has 1 fully saturated rings. The van der Waals surface area contributed by atoms with Crippen LogP contribution in [0.4, 0.5) is 5.95 Å². The standard InChI is InChI=1S/C22H23N7O3/c30-19(3-1-8-28-9-11-29(12-10-28)21-23-6-2-7-24-21)32-16-4-5-17-15(13-16)14-18-20(25-17)27-22(31)26-18/h2,4-7,13-14H,1,3,8-12H2,(H2,25,26,27,31). The van der Waals surface area contributed by atoms with E-state index in [-0.39, 0.29) is 11.7 Å². The number of carbonyl (C=O) groups is 1. The Morgan fingerprint density at radius 3 is 2.69 bits per heavy atom. The maximum atomic E-state index is 12.3. The molecule has 32 heavy (non-hydrogen) atoms. The smallest absolute Gasteiger partial charge is 0.325 e. The molecule has 1 aromatic carbocycles. The van der Waals surface area contributed by atoms with Crippen LogP contribution in [0, 0.1) is 0 Å². The van der Waals surface area contributed by atoms with Crippen LogP contribution in [0.2, 0.25) is 0 Å². The lowest BCUT2D eigenvalue weighted by Gasteiger charge is -2.34. The van der Waals surface area contributed by atoms with Gasteiger partial charge < -0.3 is 14.6 Å². The Labute approximate surface area is 183 Å². The highest BCUT2D eigenvalue weighted by Crippen LogP contribution is 2.22. The van der Waals surface area contributed by atoms with Gasteiger partial charge in [0.2, 0.25) is 5.95 Å². The average Bonchev–Trinajstić information content (AvgIpc) is 3.17. The van der Waals surface area contributed by atoms with Gasteiger partial charge in [-0.15, -0.1) is 0 Å². The number of hydrogen-bond donors (Lipinski definition) is 2. The minimum Gasteiger partial charge on any atom is -0.427 e. The van der Waals surface area contributed by atoms with E-state index in [9.17, 15) is 9.59 Å². The van der Waals surface area contributed by atoms with Crippen LogP contribution in [-0.4, -0.2) is 68.5 Å². The summed E-state index contributed by atoms with van der Waals surface area (Å²) in [6, 6.07) is 8.88. The number of imidazole rings is 1. The van der Waals surface area contributed by atoms with Crippen LogP contribution < -0.4 is 15.3 Å². The molecule has 0 atom stereocenters. The molecule has 2 N–H and O–H groups in total. The number of piperazine rings is 1. The number of nitrogens with zero attached hydrogens (tertiary/aromatic N) is 5. The SMILES string of the molecule is O=C(CCCN1CCN(c2ncccn2)CC1)Oc1ccc2nc3[nH]c(=O)[nH]c3cc2c1. The van der Waals surface area contributed by atoms with Crippen molar-refractivity contribution in [2.24, 2.45) is 0 Å². The predicted octanol–water partition coefficient (Wildman–Crippen LogP) is 1.70. The van der Waals surface area contributed by atoms with Crippen molar-refractivity contribution in [1.82, 2.24) is 29.8 Å². The zero-order chi connectivity index (χ0) is 21.9. The van der Waals surface area contributed by atoms with Gasteiger partial charge in [0.05, 0.1) is 11.0 Å². The molecular formula is C22H23N7O3. The molecule has 3 aromatic heterocycles. The van der Waals surface area contributed by atoms with E-state index in [0.29, 0.717) is 28.9 Å². The summed E-state index contributed by atoms with van der Waals surface area (Å²) in [6.07, 6.45) is 4.60. The molecule has 4 heterocycles. The highest BCUT2D eigenvalue weighted by atomic mass is 16.5. The van der Waals surface area contributed by atoms with E-state index in [0.717, 1.165) is 50.5 Å². The Morgan fingerprint density at radius 2 is 1.88 bits per heavy atom. The summed E-state index contributed by atoms with van der Waals surface area (Å²) in [7, 11) is 0. The van der Waals surface area contributed by atoms with E-state index in [2.05, 4.69) is 34.7 Å². The van der Waals surface area contributed by atoms with E-state index in [1.54, 1.807) is 30.6 Å². The summed E-state index contributed by atoms with van der Waals surface area (Å²) >= 11 is 0. The lowest BCUT2D eigenvalue weighted by molar-refractivity contribution is -0.134. The molecular weight excluding hydrogens is 410 g/mol. The van der Waals surface area contributed by atoms with Gasteiger partial charge in [-0.05, 0) is 43.3 Å². The van der Waals surface area contributed by atoms with Crippen LogP contribution in [0.15, 0.2) is 47.5 Å². The summed E-state index contributed by atoms with van der Waals surface area (Å²) in [5.74, 6) is 0.979. The maximum Gasteiger partial charge on any atom is 0.325 e. The number of ether oxygens (including phenoxy) is 1. The van der Waals surface area contributed by atoms with Crippen molar-refractivity contribution < 1.29 is 9.53 Å². The normalized spacial score (nSPS) is 14.8. The number of aromatic amines is 2. The molecule has 0 aliphatic carbocycles. The molecule has 164 valence electrons. The molecule has 0 unspecified atom stereocenters. The van der Waals surface area contributed by atoms with Gasteiger partial charge in [0.25, 0.3) is 0 Å². The van der Waals surface area contributed by atoms with Crippen LogP contribution in [0.1, 0.15) is 12.8 Å². The lowest BCUT2D eigenvalue weighted by Crippen LogP contribution is -2.47. The van der Waals surface area contributed by atoms with E-state index < -0.39 is 0 Å². The van der Waals surface area contributed by atoms with Gasteiger partial charge in [-0.25, -0.2) is 19.7 Å². The Kier molecular flexibility index (Phi) is 5.51. The second-order valence-electron chi connectivity index (χ2n) is 7.77. The monoisotopic (exact) mass is 433 g/mol. The first-order valence-corrected chi connectivity index (χ1v) is 10.6. The van der Waals surface area contributed by atoms with Gasteiger partial charge in [0.15, 0.2) is 5.65 Å². The van der Waals surface area contributed by atoms with Crippen LogP contribution in [0.25, 0.3) is 22.1 Å². The minimum absolute atomic E-state index is 0.259. The molecule has 1 aliphatic heterocycles. The molecule has 1 saturated heterocycles. The first kappa shape index (κ1) is 20.1. The number of esters is 1. The number of rotatable bonds is 6. The molecule has 1 aliphatic rings. The fourth-order valence-electron chi connectivity index (χ4n) is 3.93. The highest BCUT2D eigenvalue weighted by molar-refractivity contribution is 5.90. The van der Waals surface area contributed by atoms with E-state index in [4.69, 9.17) is 4.74 Å². The van der Waals surface area contributed by atoms with Gasteiger partial charge in [0.1, 0.15) is 5.75 Å². The molecule has 0 amide bonds. The molecule has 0 radical (unpaired) electrons. The van der Waals surface area contributed by atoms with Crippen molar-refractivity contribution in [3.63, 3.8) is 0 Å². The van der Waals surface area contributed by atoms with Crippen molar-refractivity contribution in [3.05, 3.63) is 53.2 Å². The first-order chi connectivity index (χ1) is 15.6. The third-order valence-corrected chi connectivity index (χ3v) is 5.56. The zero-order valence-electron chi connectivity index (χ0n) is 17.5. The molecule has 0 saturated carbocycles. The van der Waals surface area contributed by atoms with Gasteiger partial charge in [-0.1, -0.05) is 0 Å². The summed E-state index contributed by atoms with van der Waals surface area (Å²) in [5.41, 5.74) is 1.53. The van der Waals surface area contributed by atoms with Gasteiger partial charge in [-0.2, -0.15) is 0 Å². The zero-order valence-corrected chi connectivity index (χ0v) is 17.5. The maximum absolute atomic E-state index is 12.3. The Morgan fingerprint density at radius 1 is 1.06 bits per heavy atom. The van der Waals surface area contributed by atoms with Crippen LogP contribution in [-0.2, 0) is 4.79 Å². The lowest BCUT2D eigenvalue weighted by atomic mass is 10.2. The van der Waals surface area contributed by atoms with E-state index >= 15 is 0 Å².